The van der Waals surface area contributed by atoms with Crippen LogP contribution in [0, 0.1) is 0 Å². The maximum atomic E-state index is 10.7. The van der Waals surface area contributed by atoms with Gasteiger partial charge in [0.2, 0.25) is 0 Å². The first-order valence-corrected chi connectivity index (χ1v) is 9.10. The lowest BCUT2D eigenvalue weighted by Gasteiger charge is -2.09. The van der Waals surface area contributed by atoms with Gasteiger partial charge in [-0.25, -0.2) is 0 Å². The van der Waals surface area contributed by atoms with Gasteiger partial charge in [0.25, 0.3) is 0 Å². The van der Waals surface area contributed by atoms with Crippen LogP contribution in [0.15, 0.2) is 23.4 Å². The number of benzene rings is 1. The molecular formula is C15H17Cl2N3O3S. The van der Waals surface area contributed by atoms with Crippen LogP contribution in [0.4, 0.5) is 0 Å². The predicted octanol–water partition coefficient (Wildman–Crippen LogP) is 3.79. The smallest absolute Gasteiger partial charge is 0.313 e. The van der Waals surface area contributed by atoms with Gasteiger partial charge >= 0.3 is 5.97 Å². The van der Waals surface area contributed by atoms with E-state index in [0.29, 0.717) is 40.5 Å². The molecule has 0 spiro atoms. The lowest BCUT2D eigenvalue weighted by Crippen LogP contribution is -2.07. The summed E-state index contributed by atoms with van der Waals surface area (Å²) < 4.78 is 7.56. The molecule has 0 aliphatic rings. The van der Waals surface area contributed by atoms with Crippen molar-refractivity contribution in [2.24, 2.45) is 0 Å². The van der Waals surface area contributed by atoms with E-state index in [2.05, 4.69) is 10.2 Å². The number of carboxylic acids is 1. The number of hydrogen-bond acceptors (Lipinski definition) is 5. The minimum Gasteiger partial charge on any atom is -0.492 e. The van der Waals surface area contributed by atoms with E-state index < -0.39 is 5.97 Å². The van der Waals surface area contributed by atoms with Crippen molar-refractivity contribution in [3.05, 3.63) is 34.1 Å². The molecule has 2 aromatic rings. The quantitative estimate of drug-likeness (QED) is 0.519. The van der Waals surface area contributed by atoms with Gasteiger partial charge in [-0.05, 0) is 31.5 Å². The first kappa shape index (κ1) is 18.9. The Morgan fingerprint density at radius 1 is 1.38 bits per heavy atom. The zero-order valence-corrected chi connectivity index (χ0v) is 15.4. The van der Waals surface area contributed by atoms with Gasteiger partial charge in [0.15, 0.2) is 5.16 Å². The van der Waals surface area contributed by atoms with E-state index >= 15 is 0 Å². The van der Waals surface area contributed by atoms with Crippen LogP contribution in [0.5, 0.6) is 5.75 Å². The Balaban J connectivity index is 1.86. The van der Waals surface area contributed by atoms with E-state index in [1.807, 2.05) is 11.5 Å². The third kappa shape index (κ3) is 5.29. The number of carbonyl (C=O) groups is 1. The van der Waals surface area contributed by atoms with Crippen molar-refractivity contribution in [3.8, 4) is 5.75 Å². The van der Waals surface area contributed by atoms with Gasteiger partial charge in [-0.15, -0.1) is 10.2 Å². The maximum Gasteiger partial charge on any atom is 0.313 e. The fourth-order valence-corrected chi connectivity index (χ4v) is 3.26. The van der Waals surface area contributed by atoms with Crippen LogP contribution in [0.3, 0.4) is 0 Å². The molecule has 1 aromatic carbocycles. The molecule has 0 saturated heterocycles. The highest BCUT2D eigenvalue weighted by molar-refractivity contribution is 7.99. The third-order valence-electron chi connectivity index (χ3n) is 3.13. The summed E-state index contributed by atoms with van der Waals surface area (Å²) in [5.74, 6) is 0.503. The Labute approximate surface area is 154 Å². The summed E-state index contributed by atoms with van der Waals surface area (Å²) >= 11 is 13.1. The fourth-order valence-electron chi connectivity index (χ4n) is 2.06. The molecule has 0 bridgehead atoms. The second kappa shape index (κ2) is 9.15. The molecule has 0 unspecified atom stereocenters. The van der Waals surface area contributed by atoms with E-state index in [0.717, 1.165) is 12.2 Å². The van der Waals surface area contributed by atoms with Crippen LogP contribution in [0.2, 0.25) is 10.0 Å². The van der Waals surface area contributed by atoms with Gasteiger partial charge in [0.1, 0.15) is 11.6 Å². The second-order valence-electron chi connectivity index (χ2n) is 4.85. The Bertz CT molecular complexity index is 709. The van der Waals surface area contributed by atoms with E-state index in [4.69, 9.17) is 33.0 Å². The van der Waals surface area contributed by atoms with Gasteiger partial charge in [-0.3, -0.25) is 4.79 Å². The van der Waals surface area contributed by atoms with Crippen molar-refractivity contribution in [2.45, 2.75) is 31.5 Å². The molecule has 9 heteroatoms. The fraction of sp³-hybridized carbons (Fsp3) is 0.400. The van der Waals surface area contributed by atoms with Crippen molar-refractivity contribution in [1.82, 2.24) is 14.8 Å². The normalized spacial score (nSPS) is 10.8. The first-order valence-electron chi connectivity index (χ1n) is 7.35. The molecule has 130 valence electrons. The monoisotopic (exact) mass is 389 g/mol. The number of hydrogen-bond donors (Lipinski definition) is 1. The number of rotatable bonds is 9. The van der Waals surface area contributed by atoms with Crippen molar-refractivity contribution < 1.29 is 14.6 Å². The number of carboxylic acid groups (broad SMARTS) is 1. The molecule has 6 nitrogen and oxygen atoms in total. The Kier molecular flexibility index (Phi) is 7.20. The summed E-state index contributed by atoms with van der Waals surface area (Å²) in [5.41, 5.74) is 0. The second-order valence-corrected chi connectivity index (χ2v) is 6.64. The minimum absolute atomic E-state index is 0.0314. The van der Waals surface area contributed by atoms with E-state index in [1.165, 1.54) is 11.8 Å². The lowest BCUT2D eigenvalue weighted by atomic mass is 10.3. The number of aliphatic carboxylic acids is 1. The average Bonchev–Trinajstić information content (AvgIpc) is 2.93. The molecule has 1 aromatic heterocycles. The molecule has 0 saturated carbocycles. The number of nitrogens with zero attached hydrogens (tertiary/aromatic N) is 3. The highest BCUT2D eigenvalue weighted by Gasteiger charge is 2.12. The van der Waals surface area contributed by atoms with Crippen LogP contribution < -0.4 is 4.74 Å². The molecule has 0 aliphatic carbocycles. The van der Waals surface area contributed by atoms with Crippen LogP contribution >= 0.6 is 35.0 Å². The van der Waals surface area contributed by atoms with Crippen molar-refractivity contribution in [2.75, 3.05) is 12.4 Å². The van der Waals surface area contributed by atoms with Gasteiger partial charge in [-0.1, -0.05) is 35.0 Å². The number of ether oxygens (including phenoxy) is 1. The Morgan fingerprint density at radius 2 is 2.17 bits per heavy atom. The Hall–Kier alpha value is -1.44. The zero-order chi connectivity index (χ0) is 17.5. The standard InChI is InChI=1S/C15H17Cl2N3O3S/c1-2-20-13(18-19-15(20)24-9-14(21)22)4-3-7-23-12-6-5-10(16)8-11(12)17/h5-6,8H,2-4,7,9H2,1H3,(H,21,22). The van der Waals surface area contributed by atoms with Crippen LogP contribution in [-0.4, -0.2) is 38.2 Å². The highest BCUT2D eigenvalue weighted by Crippen LogP contribution is 2.27. The van der Waals surface area contributed by atoms with E-state index in [9.17, 15) is 4.79 Å². The molecule has 0 aliphatic heterocycles. The predicted molar refractivity (Wildman–Crippen MR) is 94.3 cm³/mol. The summed E-state index contributed by atoms with van der Waals surface area (Å²) in [6.45, 7) is 3.14. The van der Waals surface area contributed by atoms with Crippen molar-refractivity contribution in [1.29, 1.82) is 0 Å². The molecule has 0 fully saturated rings. The van der Waals surface area contributed by atoms with Gasteiger partial charge in [0, 0.05) is 18.0 Å². The summed E-state index contributed by atoms with van der Waals surface area (Å²) in [7, 11) is 0. The summed E-state index contributed by atoms with van der Waals surface area (Å²) in [4.78, 5) is 10.7. The van der Waals surface area contributed by atoms with E-state index in [-0.39, 0.29) is 5.75 Å². The average molecular weight is 390 g/mol. The van der Waals surface area contributed by atoms with Crippen LogP contribution in [0.1, 0.15) is 19.2 Å². The summed E-state index contributed by atoms with van der Waals surface area (Å²) in [6.07, 6.45) is 1.42. The van der Waals surface area contributed by atoms with Crippen LogP contribution in [-0.2, 0) is 17.8 Å². The molecule has 1 heterocycles. The topological polar surface area (TPSA) is 77.2 Å². The third-order valence-corrected chi connectivity index (χ3v) is 4.61. The molecule has 0 amide bonds. The van der Waals surface area contributed by atoms with Crippen molar-refractivity contribution in [3.63, 3.8) is 0 Å². The number of halogens is 2. The highest BCUT2D eigenvalue weighted by atomic mass is 35.5. The number of aryl methyl sites for hydroxylation is 1. The lowest BCUT2D eigenvalue weighted by molar-refractivity contribution is -0.133. The van der Waals surface area contributed by atoms with Gasteiger partial charge in [-0.2, -0.15) is 0 Å². The SMILES string of the molecule is CCn1c(CCCOc2ccc(Cl)cc2Cl)nnc1SCC(=O)O. The molecule has 2 rings (SSSR count). The van der Waals surface area contributed by atoms with E-state index in [1.54, 1.807) is 18.2 Å². The molecule has 0 atom stereocenters. The van der Waals surface area contributed by atoms with Crippen LogP contribution in [0.25, 0.3) is 0 Å². The summed E-state index contributed by atoms with van der Waals surface area (Å²) in [6, 6.07) is 5.10. The Morgan fingerprint density at radius 3 is 2.83 bits per heavy atom. The minimum atomic E-state index is -0.875. The maximum absolute atomic E-state index is 10.7. The largest absolute Gasteiger partial charge is 0.492 e. The first-order chi connectivity index (χ1) is 11.5. The zero-order valence-electron chi connectivity index (χ0n) is 13.0. The van der Waals surface area contributed by atoms with Crippen molar-refractivity contribution >= 4 is 40.9 Å². The number of aromatic nitrogens is 3. The molecule has 24 heavy (non-hydrogen) atoms. The molecule has 1 N–H and O–H groups in total. The number of thioether (sulfide) groups is 1. The molecular weight excluding hydrogens is 373 g/mol. The molecule has 0 radical (unpaired) electrons. The van der Waals surface area contributed by atoms with Gasteiger partial charge in [0.05, 0.1) is 17.4 Å². The van der Waals surface area contributed by atoms with Gasteiger partial charge < -0.3 is 14.4 Å². The summed E-state index contributed by atoms with van der Waals surface area (Å²) in [5, 5.41) is 18.6.